The third-order valence-electron chi connectivity index (χ3n) is 3.68. The van der Waals surface area contributed by atoms with E-state index >= 15 is 0 Å². The van der Waals surface area contributed by atoms with Crippen molar-refractivity contribution in [1.82, 2.24) is 5.32 Å². The maximum absolute atomic E-state index is 6.09. The molecule has 0 spiro atoms. The maximum atomic E-state index is 6.09. The Labute approximate surface area is 120 Å². The van der Waals surface area contributed by atoms with Gasteiger partial charge in [-0.3, -0.25) is 0 Å². The van der Waals surface area contributed by atoms with E-state index in [1.807, 2.05) is 12.1 Å². The van der Waals surface area contributed by atoms with Gasteiger partial charge >= 0.3 is 0 Å². The zero-order valence-electron chi connectivity index (χ0n) is 11.3. The second kappa shape index (κ2) is 5.40. The first-order chi connectivity index (χ1) is 8.37. The van der Waals surface area contributed by atoms with E-state index in [-0.39, 0.29) is 5.54 Å². The van der Waals surface area contributed by atoms with E-state index in [0.717, 1.165) is 12.5 Å². The van der Waals surface area contributed by atoms with Crippen LogP contribution in [-0.4, -0.2) is 12.1 Å². The van der Waals surface area contributed by atoms with Gasteiger partial charge in [0.1, 0.15) is 0 Å². The van der Waals surface area contributed by atoms with Crippen LogP contribution in [0, 0.1) is 5.92 Å². The molecule has 1 nitrogen and oxygen atoms in total. The standard InChI is InChI=1S/C15H21Cl2N/c1-15(2,3)18-9-11-4-6-12(11)10-5-7-13(16)14(17)8-10/h5,7-8,11-12,18H,4,6,9H2,1-3H3. The normalized spacial score (nSPS) is 23.8. The maximum Gasteiger partial charge on any atom is 0.0595 e. The summed E-state index contributed by atoms with van der Waals surface area (Å²) < 4.78 is 0. The number of halogens is 2. The lowest BCUT2D eigenvalue weighted by Gasteiger charge is -2.39. The van der Waals surface area contributed by atoms with Crippen molar-refractivity contribution in [2.75, 3.05) is 6.54 Å². The second-order valence-corrected chi connectivity index (χ2v) is 7.06. The average molecular weight is 286 g/mol. The van der Waals surface area contributed by atoms with Crippen molar-refractivity contribution in [2.45, 2.75) is 45.1 Å². The number of hydrogen-bond acceptors (Lipinski definition) is 1. The molecule has 1 saturated carbocycles. The monoisotopic (exact) mass is 285 g/mol. The fraction of sp³-hybridized carbons (Fsp3) is 0.600. The van der Waals surface area contributed by atoms with Crippen molar-refractivity contribution in [2.24, 2.45) is 5.92 Å². The molecule has 1 aliphatic rings. The van der Waals surface area contributed by atoms with Gasteiger partial charge in [0.05, 0.1) is 10.0 Å². The molecule has 1 aliphatic carbocycles. The van der Waals surface area contributed by atoms with Crippen molar-refractivity contribution in [3.05, 3.63) is 33.8 Å². The minimum atomic E-state index is 0.192. The van der Waals surface area contributed by atoms with Crippen LogP contribution in [0.1, 0.15) is 45.1 Å². The lowest BCUT2D eigenvalue weighted by Crippen LogP contribution is -2.42. The number of hydrogen-bond donors (Lipinski definition) is 1. The highest BCUT2D eigenvalue weighted by atomic mass is 35.5. The van der Waals surface area contributed by atoms with Crippen LogP contribution in [0.15, 0.2) is 18.2 Å². The van der Waals surface area contributed by atoms with Gasteiger partial charge in [-0.1, -0.05) is 29.3 Å². The Balaban J connectivity index is 1.99. The van der Waals surface area contributed by atoms with Crippen molar-refractivity contribution < 1.29 is 0 Å². The van der Waals surface area contributed by atoms with Crippen LogP contribution >= 0.6 is 23.2 Å². The molecule has 0 saturated heterocycles. The van der Waals surface area contributed by atoms with Crippen molar-refractivity contribution in [1.29, 1.82) is 0 Å². The van der Waals surface area contributed by atoms with Gasteiger partial charge < -0.3 is 5.32 Å². The van der Waals surface area contributed by atoms with Crippen LogP contribution in [0.2, 0.25) is 10.0 Å². The SMILES string of the molecule is CC(C)(C)NCC1CCC1c1ccc(Cl)c(Cl)c1. The largest absolute Gasteiger partial charge is 0.312 e. The molecule has 1 aromatic rings. The molecule has 0 bridgehead atoms. The van der Waals surface area contributed by atoms with E-state index in [9.17, 15) is 0 Å². The molecule has 100 valence electrons. The smallest absolute Gasteiger partial charge is 0.0595 e. The molecule has 2 unspecified atom stereocenters. The van der Waals surface area contributed by atoms with E-state index in [4.69, 9.17) is 23.2 Å². The molecular formula is C15H21Cl2N. The minimum Gasteiger partial charge on any atom is -0.312 e. The van der Waals surface area contributed by atoms with Crippen LogP contribution in [0.25, 0.3) is 0 Å². The highest BCUT2D eigenvalue weighted by Crippen LogP contribution is 2.43. The molecule has 1 fully saturated rings. The molecule has 18 heavy (non-hydrogen) atoms. The summed E-state index contributed by atoms with van der Waals surface area (Å²) in [5.41, 5.74) is 1.52. The first-order valence-electron chi connectivity index (χ1n) is 6.57. The zero-order valence-corrected chi connectivity index (χ0v) is 12.8. The first-order valence-corrected chi connectivity index (χ1v) is 7.32. The van der Waals surface area contributed by atoms with Gasteiger partial charge in [0, 0.05) is 5.54 Å². The third-order valence-corrected chi connectivity index (χ3v) is 4.42. The molecule has 0 radical (unpaired) electrons. The second-order valence-electron chi connectivity index (χ2n) is 6.25. The first kappa shape index (κ1) is 14.2. The topological polar surface area (TPSA) is 12.0 Å². The summed E-state index contributed by atoms with van der Waals surface area (Å²) in [4.78, 5) is 0. The van der Waals surface area contributed by atoms with Gasteiger partial charge in [-0.25, -0.2) is 0 Å². The Morgan fingerprint density at radius 2 is 1.89 bits per heavy atom. The van der Waals surface area contributed by atoms with Gasteiger partial charge in [0.2, 0.25) is 0 Å². The van der Waals surface area contributed by atoms with Gasteiger partial charge in [-0.05, 0) is 69.7 Å². The summed E-state index contributed by atoms with van der Waals surface area (Å²) in [5, 5.41) is 4.90. The lowest BCUT2D eigenvalue weighted by molar-refractivity contribution is 0.226. The van der Waals surface area contributed by atoms with Crippen LogP contribution in [0.5, 0.6) is 0 Å². The Kier molecular flexibility index (Phi) is 4.25. The highest BCUT2D eigenvalue weighted by molar-refractivity contribution is 6.42. The summed E-state index contributed by atoms with van der Waals surface area (Å²) in [6.45, 7) is 7.70. The Hall–Kier alpha value is -0.240. The minimum absolute atomic E-state index is 0.192. The molecule has 1 aromatic carbocycles. The Bertz CT molecular complexity index is 423. The molecule has 1 N–H and O–H groups in total. The van der Waals surface area contributed by atoms with Crippen LogP contribution < -0.4 is 5.32 Å². The number of nitrogens with one attached hydrogen (secondary N) is 1. The molecule has 2 atom stereocenters. The van der Waals surface area contributed by atoms with E-state index in [1.54, 1.807) is 0 Å². The lowest BCUT2D eigenvalue weighted by atomic mass is 9.70. The van der Waals surface area contributed by atoms with E-state index in [2.05, 4.69) is 32.2 Å². The van der Waals surface area contributed by atoms with Crippen LogP contribution in [-0.2, 0) is 0 Å². The van der Waals surface area contributed by atoms with Gasteiger partial charge in [0.15, 0.2) is 0 Å². The predicted molar refractivity (Wildman–Crippen MR) is 79.7 cm³/mol. The van der Waals surface area contributed by atoms with E-state index in [0.29, 0.717) is 16.0 Å². The van der Waals surface area contributed by atoms with E-state index < -0.39 is 0 Å². The molecule has 0 heterocycles. The van der Waals surface area contributed by atoms with Crippen LogP contribution in [0.3, 0.4) is 0 Å². The highest BCUT2D eigenvalue weighted by Gasteiger charge is 2.32. The molecule has 0 aromatic heterocycles. The van der Waals surface area contributed by atoms with Gasteiger partial charge in [0.25, 0.3) is 0 Å². The fourth-order valence-corrected chi connectivity index (χ4v) is 2.74. The quantitative estimate of drug-likeness (QED) is 0.835. The van der Waals surface area contributed by atoms with Gasteiger partial charge in [-0.2, -0.15) is 0 Å². The fourth-order valence-electron chi connectivity index (χ4n) is 2.43. The van der Waals surface area contributed by atoms with Crippen LogP contribution in [0.4, 0.5) is 0 Å². The molecule has 0 amide bonds. The molecule has 3 heteroatoms. The van der Waals surface area contributed by atoms with Gasteiger partial charge in [-0.15, -0.1) is 0 Å². The summed E-state index contributed by atoms with van der Waals surface area (Å²) in [6, 6.07) is 6.05. The predicted octanol–water partition coefficient (Wildman–Crippen LogP) is 4.88. The summed E-state index contributed by atoms with van der Waals surface area (Å²) in [7, 11) is 0. The molecule has 0 aliphatic heterocycles. The average Bonchev–Trinajstić information content (AvgIpc) is 2.20. The third kappa shape index (κ3) is 3.40. The summed E-state index contributed by atoms with van der Waals surface area (Å²) >= 11 is 12.0. The Morgan fingerprint density at radius 3 is 2.39 bits per heavy atom. The molecule has 2 rings (SSSR count). The van der Waals surface area contributed by atoms with Crippen molar-refractivity contribution >= 4 is 23.2 Å². The van der Waals surface area contributed by atoms with Crippen molar-refractivity contribution in [3.8, 4) is 0 Å². The summed E-state index contributed by atoms with van der Waals surface area (Å²) in [5.74, 6) is 1.36. The van der Waals surface area contributed by atoms with Crippen molar-refractivity contribution in [3.63, 3.8) is 0 Å². The Morgan fingerprint density at radius 1 is 1.17 bits per heavy atom. The number of benzene rings is 1. The number of rotatable bonds is 3. The molecular weight excluding hydrogens is 265 g/mol. The zero-order chi connectivity index (χ0) is 13.3. The van der Waals surface area contributed by atoms with E-state index in [1.165, 1.54) is 18.4 Å². The summed E-state index contributed by atoms with van der Waals surface area (Å²) in [6.07, 6.45) is 2.56.